The summed E-state index contributed by atoms with van der Waals surface area (Å²) in [5.41, 5.74) is 0. The fourth-order valence-corrected chi connectivity index (χ4v) is 9.63. The van der Waals surface area contributed by atoms with Crippen LogP contribution in [0.15, 0.2) is 60.8 Å². The van der Waals surface area contributed by atoms with Crippen LogP contribution >= 0.6 is 0 Å². The lowest BCUT2D eigenvalue weighted by Crippen LogP contribution is -2.30. The Labute approximate surface area is 466 Å². The summed E-state index contributed by atoms with van der Waals surface area (Å²) in [6.07, 6.45) is 81.2. The molecule has 436 valence electrons. The van der Waals surface area contributed by atoms with Crippen LogP contribution < -0.4 is 0 Å². The van der Waals surface area contributed by atoms with Crippen molar-refractivity contribution in [1.29, 1.82) is 0 Å². The predicted molar refractivity (Wildman–Crippen MR) is 325 cm³/mol. The van der Waals surface area contributed by atoms with Crippen LogP contribution in [0.4, 0.5) is 0 Å². The standard InChI is InChI=1S/C69H124O6/c1-4-7-10-13-16-19-22-25-27-29-30-31-32-33-34-35-36-37-38-40-41-44-47-50-53-56-59-62-68(71)74-65-66(64-73-67(70)61-58-55-52-49-46-43-24-21-18-15-12-9-6-3)75-69(72)63-60-57-54-51-48-45-42-39-28-26-23-20-17-14-11-8-5-2/h9,12,18,21,29-30,43,46,52,55,66H,4-8,10-11,13-17,19-20,22-28,31-42,44-45,47-51,53-54,56-65H2,1-3H3/b12-9-,21-18-,30-29-,46-43-,55-52-. The third kappa shape index (κ3) is 61.8. The maximum absolute atomic E-state index is 12.9. The Hall–Kier alpha value is -2.89. The Bertz CT molecular complexity index is 1340. The summed E-state index contributed by atoms with van der Waals surface area (Å²) in [5, 5.41) is 0. The van der Waals surface area contributed by atoms with Crippen molar-refractivity contribution in [2.75, 3.05) is 13.2 Å². The highest BCUT2D eigenvalue weighted by Gasteiger charge is 2.19. The Balaban J connectivity index is 4.25. The second-order valence-corrected chi connectivity index (χ2v) is 22.0. The summed E-state index contributed by atoms with van der Waals surface area (Å²) < 4.78 is 16.9. The number of hydrogen-bond acceptors (Lipinski definition) is 6. The molecular weight excluding hydrogens is 925 g/mol. The van der Waals surface area contributed by atoms with Gasteiger partial charge < -0.3 is 14.2 Å². The zero-order chi connectivity index (χ0) is 54.3. The molecule has 0 aromatic rings. The molecule has 0 fully saturated rings. The number of unbranched alkanes of at least 4 members (excludes halogenated alkanes) is 39. The maximum atomic E-state index is 12.9. The normalized spacial score (nSPS) is 12.4. The molecule has 6 heteroatoms. The second kappa shape index (κ2) is 63.6. The van der Waals surface area contributed by atoms with Crippen LogP contribution in [0.5, 0.6) is 0 Å². The Kier molecular flexibility index (Phi) is 61.2. The van der Waals surface area contributed by atoms with Crippen molar-refractivity contribution < 1.29 is 28.6 Å². The number of allylic oxidation sites excluding steroid dienone is 10. The topological polar surface area (TPSA) is 78.9 Å². The first kappa shape index (κ1) is 72.1. The van der Waals surface area contributed by atoms with Crippen LogP contribution in [-0.2, 0) is 28.6 Å². The largest absolute Gasteiger partial charge is 0.462 e. The molecule has 75 heavy (non-hydrogen) atoms. The van der Waals surface area contributed by atoms with E-state index in [0.717, 1.165) is 64.2 Å². The molecule has 0 saturated carbocycles. The van der Waals surface area contributed by atoms with Crippen LogP contribution in [0.1, 0.15) is 342 Å². The molecule has 0 bridgehead atoms. The summed E-state index contributed by atoms with van der Waals surface area (Å²) in [6, 6.07) is 0. The number of rotatable bonds is 60. The van der Waals surface area contributed by atoms with Gasteiger partial charge in [0.25, 0.3) is 0 Å². The molecule has 0 amide bonds. The molecule has 0 N–H and O–H groups in total. The molecule has 0 spiro atoms. The zero-order valence-electron chi connectivity index (χ0n) is 50.1. The zero-order valence-corrected chi connectivity index (χ0v) is 50.1. The van der Waals surface area contributed by atoms with Crippen molar-refractivity contribution in [2.24, 2.45) is 0 Å². The lowest BCUT2D eigenvalue weighted by Gasteiger charge is -2.18. The van der Waals surface area contributed by atoms with Gasteiger partial charge in [-0.05, 0) is 70.6 Å². The van der Waals surface area contributed by atoms with Gasteiger partial charge in [-0.25, -0.2) is 0 Å². The van der Waals surface area contributed by atoms with E-state index in [1.807, 2.05) is 6.08 Å². The van der Waals surface area contributed by atoms with Crippen LogP contribution in [0.25, 0.3) is 0 Å². The van der Waals surface area contributed by atoms with Crippen molar-refractivity contribution in [1.82, 2.24) is 0 Å². The van der Waals surface area contributed by atoms with Gasteiger partial charge in [-0.2, -0.15) is 0 Å². The highest BCUT2D eigenvalue weighted by Crippen LogP contribution is 2.18. The van der Waals surface area contributed by atoms with Gasteiger partial charge in [0.1, 0.15) is 13.2 Å². The number of esters is 3. The maximum Gasteiger partial charge on any atom is 0.306 e. The second-order valence-electron chi connectivity index (χ2n) is 22.0. The van der Waals surface area contributed by atoms with Gasteiger partial charge in [0, 0.05) is 19.3 Å². The summed E-state index contributed by atoms with van der Waals surface area (Å²) in [7, 11) is 0. The van der Waals surface area contributed by atoms with E-state index >= 15 is 0 Å². The Morgan fingerprint density at radius 2 is 0.547 bits per heavy atom. The van der Waals surface area contributed by atoms with Crippen molar-refractivity contribution in [3.8, 4) is 0 Å². The molecule has 0 heterocycles. The van der Waals surface area contributed by atoms with E-state index in [0.29, 0.717) is 19.3 Å². The van der Waals surface area contributed by atoms with E-state index < -0.39 is 6.10 Å². The van der Waals surface area contributed by atoms with Crippen LogP contribution in [0.3, 0.4) is 0 Å². The first-order valence-electron chi connectivity index (χ1n) is 32.8. The molecule has 6 nitrogen and oxygen atoms in total. The molecule has 1 atom stereocenters. The average molecular weight is 1050 g/mol. The molecule has 0 aromatic heterocycles. The van der Waals surface area contributed by atoms with Gasteiger partial charge in [0.2, 0.25) is 0 Å². The van der Waals surface area contributed by atoms with Gasteiger partial charge in [-0.1, -0.05) is 313 Å². The third-order valence-electron chi connectivity index (χ3n) is 14.5. The average Bonchev–Trinajstić information content (AvgIpc) is 3.41. The van der Waals surface area contributed by atoms with Gasteiger partial charge in [-0.15, -0.1) is 0 Å². The minimum atomic E-state index is -0.801. The van der Waals surface area contributed by atoms with E-state index in [1.54, 1.807) is 0 Å². The minimum Gasteiger partial charge on any atom is -0.462 e. The van der Waals surface area contributed by atoms with E-state index in [2.05, 4.69) is 75.5 Å². The molecule has 0 aliphatic heterocycles. The summed E-state index contributed by atoms with van der Waals surface area (Å²) in [6.45, 7) is 6.51. The number of hydrogen-bond donors (Lipinski definition) is 0. The van der Waals surface area contributed by atoms with E-state index in [1.165, 1.54) is 231 Å². The Morgan fingerprint density at radius 1 is 0.280 bits per heavy atom. The first-order chi connectivity index (χ1) is 37.0. The van der Waals surface area contributed by atoms with E-state index in [4.69, 9.17) is 14.2 Å². The molecule has 1 unspecified atom stereocenters. The van der Waals surface area contributed by atoms with E-state index in [-0.39, 0.29) is 37.5 Å². The summed E-state index contributed by atoms with van der Waals surface area (Å²) in [5.74, 6) is -0.958. The van der Waals surface area contributed by atoms with Crippen molar-refractivity contribution >= 4 is 17.9 Å². The lowest BCUT2D eigenvalue weighted by molar-refractivity contribution is -0.166. The van der Waals surface area contributed by atoms with Crippen LogP contribution in [0.2, 0.25) is 0 Å². The van der Waals surface area contributed by atoms with Crippen molar-refractivity contribution in [3.63, 3.8) is 0 Å². The lowest BCUT2D eigenvalue weighted by atomic mass is 10.0. The van der Waals surface area contributed by atoms with Crippen molar-refractivity contribution in [2.45, 2.75) is 348 Å². The quantitative estimate of drug-likeness (QED) is 0.0261. The van der Waals surface area contributed by atoms with Crippen LogP contribution in [-0.4, -0.2) is 37.2 Å². The third-order valence-corrected chi connectivity index (χ3v) is 14.5. The molecule has 0 saturated heterocycles. The molecule has 0 radical (unpaired) electrons. The fourth-order valence-electron chi connectivity index (χ4n) is 9.63. The molecule has 0 rings (SSSR count). The number of carbonyl (C=O) groups excluding carboxylic acids is 3. The van der Waals surface area contributed by atoms with Gasteiger partial charge in [-0.3, -0.25) is 14.4 Å². The van der Waals surface area contributed by atoms with Gasteiger partial charge in [0.15, 0.2) is 6.10 Å². The minimum absolute atomic E-state index is 0.0922. The smallest absolute Gasteiger partial charge is 0.306 e. The fraction of sp³-hybridized carbons (Fsp3) is 0.812. The van der Waals surface area contributed by atoms with Gasteiger partial charge in [0.05, 0.1) is 0 Å². The summed E-state index contributed by atoms with van der Waals surface area (Å²) >= 11 is 0. The Morgan fingerprint density at radius 3 is 0.893 bits per heavy atom. The van der Waals surface area contributed by atoms with Crippen LogP contribution in [0, 0.1) is 0 Å². The number of carbonyl (C=O) groups is 3. The highest BCUT2D eigenvalue weighted by atomic mass is 16.6. The van der Waals surface area contributed by atoms with Crippen molar-refractivity contribution in [3.05, 3.63) is 60.8 Å². The van der Waals surface area contributed by atoms with E-state index in [9.17, 15) is 14.4 Å². The predicted octanol–water partition coefficient (Wildman–Crippen LogP) is 22.3. The molecular formula is C69H124O6. The molecule has 0 aromatic carbocycles. The SMILES string of the molecule is CC/C=C\C/C=C\C/C=C\C/C=C\CCC(=O)OCC(COC(=O)CCCCCCCCCCCCCCCCC/C=C\CCCCCCCCCC)OC(=O)CCCCCCCCCCCCCCCCCCC. The highest BCUT2D eigenvalue weighted by molar-refractivity contribution is 5.71. The number of ether oxygens (including phenoxy) is 3. The molecule has 0 aliphatic rings. The monoisotopic (exact) mass is 1050 g/mol. The van der Waals surface area contributed by atoms with Gasteiger partial charge >= 0.3 is 17.9 Å². The first-order valence-corrected chi connectivity index (χ1v) is 32.8. The summed E-state index contributed by atoms with van der Waals surface area (Å²) in [4.78, 5) is 38.2. The molecule has 0 aliphatic carbocycles.